The number of nitriles is 1. The molecule has 0 aromatic rings. The first-order valence-corrected chi connectivity index (χ1v) is 2.40. The third kappa shape index (κ3) is 5.84. The summed E-state index contributed by atoms with van der Waals surface area (Å²) in [7, 11) is 0. The standard InChI is InChI=1S/C4H7NS.CH4/c1-2-4(6)3-5;/h4,6H,2H2,1H3;1H4. The Balaban J connectivity index is 0. The van der Waals surface area contributed by atoms with Crippen LogP contribution in [0.1, 0.15) is 20.8 Å². The summed E-state index contributed by atoms with van der Waals surface area (Å²) in [6.07, 6.45) is 0.833. The number of nitrogens with zero attached hydrogens (tertiary/aromatic N) is 1. The summed E-state index contributed by atoms with van der Waals surface area (Å²) < 4.78 is 0. The summed E-state index contributed by atoms with van der Waals surface area (Å²) in [4.78, 5) is 0. The quantitative estimate of drug-likeness (QED) is 0.521. The molecule has 0 aliphatic rings. The van der Waals surface area contributed by atoms with Crippen LogP contribution in [0.25, 0.3) is 0 Å². The van der Waals surface area contributed by atoms with E-state index in [1.807, 2.05) is 13.0 Å². The second-order valence-corrected chi connectivity index (χ2v) is 1.68. The van der Waals surface area contributed by atoms with Crippen LogP contribution in [0.2, 0.25) is 0 Å². The molecule has 2 heteroatoms. The summed E-state index contributed by atoms with van der Waals surface area (Å²) in [6, 6.07) is 1.98. The lowest BCUT2D eigenvalue weighted by molar-refractivity contribution is 0.993. The Kier molecular flexibility index (Phi) is 8.31. The minimum absolute atomic E-state index is 0. The molecule has 0 fully saturated rings. The molecule has 0 spiro atoms. The lowest BCUT2D eigenvalue weighted by atomic mass is 10.4. The zero-order valence-corrected chi connectivity index (χ0v) is 4.57. The number of rotatable bonds is 1. The van der Waals surface area contributed by atoms with Gasteiger partial charge in [-0.1, -0.05) is 14.4 Å². The van der Waals surface area contributed by atoms with Crippen molar-refractivity contribution in [3.8, 4) is 6.07 Å². The van der Waals surface area contributed by atoms with Crippen molar-refractivity contribution in [3.05, 3.63) is 0 Å². The Morgan fingerprint density at radius 1 is 1.86 bits per heavy atom. The van der Waals surface area contributed by atoms with Gasteiger partial charge in [0.2, 0.25) is 0 Å². The summed E-state index contributed by atoms with van der Waals surface area (Å²) in [5.74, 6) is 0. The molecule has 0 heterocycles. The van der Waals surface area contributed by atoms with Crippen molar-refractivity contribution in [2.45, 2.75) is 26.0 Å². The predicted molar refractivity (Wildman–Crippen MR) is 35.4 cm³/mol. The number of hydrogen-bond donors (Lipinski definition) is 1. The SMILES string of the molecule is C.CCC(S)C#N. The topological polar surface area (TPSA) is 23.8 Å². The molecule has 0 aromatic heterocycles. The van der Waals surface area contributed by atoms with Crippen molar-refractivity contribution >= 4 is 12.6 Å². The molecule has 7 heavy (non-hydrogen) atoms. The van der Waals surface area contributed by atoms with Crippen molar-refractivity contribution in [3.63, 3.8) is 0 Å². The lowest BCUT2D eigenvalue weighted by Crippen LogP contribution is -1.86. The van der Waals surface area contributed by atoms with E-state index >= 15 is 0 Å². The normalized spacial score (nSPS) is 11.0. The van der Waals surface area contributed by atoms with Gasteiger partial charge in [0.15, 0.2) is 0 Å². The maximum Gasteiger partial charge on any atom is 0.0884 e. The van der Waals surface area contributed by atoms with Crippen LogP contribution in [0.4, 0.5) is 0 Å². The van der Waals surface area contributed by atoms with E-state index in [1.165, 1.54) is 0 Å². The van der Waals surface area contributed by atoms with E-state index in [4.69, 9.17) is 5.26 Å². The van der Waals surface area contributed by atoms with Crippen LogP contribution in [-0.4, -0.2) is 5.25 Å². The molecule has 1 unspecified atom stereocenters. The van der Waals surface area contributed by atoms with Gasteiger partial charge in [0, 0.05) is 0 Å². The highest BCUT2D eigenvalue weighted by molar-refractivity contribution is 7.81. The first-order chi connectivity index (χ1) is 2.81. The van der Waals surface area contributed by atoms with Gasteiger partial charge in [-0.3, -0.25) is 0 Å². The fourth-order valence-corrected chi connectivity index (χ4v) is 0.0913. The Morgan fingerprint density at radius 2 is 2.29 bits per heavy atom. The first-order valence-electron chi connectivity index (χ1n) is 1.89. The maximum absolute atomic E-state index is 8.01. The van der Waals surface area contributed by atoms with Gasteiger partial charge in [-0.05, 0) is 6.42 Å². The second kappa shape index (κ2) is 5.84. The molecule has 0 radical (unpaired) electrons. The Labute approximate surface area is 50.8 Å². The average molecular weight is 117 g/mol. The van der Waals surface area contributed by atoms with Crippen LogP contribution in [0.3, 0.4) is 0 Å². The van der Waals surface area contributed by atoms with E-state index in [9.17, 15) is 0 Å². The number of thiol groups is 1. The Morgan fingerprint density at radius 3 is 2.29 bits per heavy atom. The van der Waals surface area contributed by atoms with Crippen molar-refractivity contribution < 1.29 is 0 Å². The van der Waals surface area contributed by atoms with Crippen molar-refractivity contribution in [1.29, 1.82) is 5.26 Å². The minimum atomic E-state index is -0.0648. The van der Waals surface area contributed by atoms with E-state index < -0.39 is 0 Å². The Bertz CT molecular complexity index is 65.0. The third-order valence-electron chi connectivity index (χ3n) is 0.536. The highest BCUT2D eigenvalue weighted by atomic mass is 32.1. The molecule has 42 valence electrons. The molecule has 1 atom stereocenters. The van der Waals surface area contributed by atoms with E-state index in [1.54, 1.807) is 0 Å². The van der Waals surface area contributed by atoms with E-state index in [-0.39, 0.29) is 12.7 Å². The summed E-state index contributed by atoms with van der Waals surface area (Å²) in [5.41, 5.74) is 0. The van der Waals surface area contributed by atoms with Gasteiger partial charge < -0.3 is 0 Å². The lowest BCUT2D eigenvalue weighted by Gasteiger charge is -1.86. The molecular weight excluding hydrogens is 106 g/mol. The largest absolute Gasteiger partial charge is 0.197 e. The molecule has 0 N–H and O–H groups in total. The molecule has 0 saturated carbocycles. The van der Waals surface area contributed by atoms with Crippen LogP contribution in [0.15, 0.2) is 0 Å². The third-order valence-corrected chi connectivity index (χ3v) is 1.02. The van der Waals surface area contributed by atoms with Crippen molar-refractivity contribution in [1.82, 2.24) is 0 Å². The fraction of sp³-hybridized carbons (Fsp3) is 0.800. The van der Waals surface area contributed by atoms with Gasteiger partial charge >= 0.3 is 0 Å². The van der Waals surface area contributed by atoms with Gasteiger partial charge in [-0.2, -0.15) is 17.9 Å². The number of hydrogen-bond acceptors (Lipinski definition) is 2. The van der Waals surface area contributed by atoms with Crippen molar-refractivity contribution in [2.75, 3.05) is 0 Å². The van der Waals surface area contributed by atoms with Crippen LogP contribution >= 0.6 is 12.6 Å². The molecular formula is C5H11NS. The average Bonchev–Trinajstić information content (AvgIpc) is 1.65. The van der Waals surface area contributed by atoms with E-state index in [2.05, 4.69) is 12.6 Å². The van der Waals surface area contributed by atoms with Gasteiger partial charge in [-0.15, -0.1) is 0 Å². The molecule has 0 rings (SSSR count). The fourth-order valence-electron chi connectivity index (χ4n) is 0.0913. The molecule has 1 nitrogen and oxygen atoms in total. The molecule has 0 bridgehead atoms. The van der Waals surface area contributed by atoms with E-state index in [0.29, 0.717) is 0 Å². The predicted octanol–water partition coefficient (Wildman–Crippen LogP) is 1.85. The smallest absolute Gasteiger partial charge is 0.0884 e. The molecule has 0 amide bonds. The van der Waals surface area contributed by atoms with Crippen LogP contribution in [0, 0.1) is 11.3 Å². The maximum atomic E-state index is 8.01. The zero-order chi connectivity index (χ0) is 4.99. The molecule has 0 aliphatic heterocycles. The minimum Gasteiger partial charge on any atom is -0.197 e. The first kappa shape index (κ1) is 9.96. The highest BCUT2D eigenvalue weighted by Crippen LogP contribution is 1.94. The van der Waals surface area contributed by atoms with Crippen LogP contribution in [0.5, 0.6) is 0 Å². The van der Waals surface area contributed by atoms with Gasteiger partial charge in [0.05, 0.1) is 11.3 Å². The van der Waals surface area contributed by atoms with Crippen LogP contribution in [-0.2, 0) is 0 Å². The summed E-state index contributed by atoms with van der Waals surface area (Å²) in [6.45, 7) is 1.93. The monoisotopic (exact) mass is 117 g/mol. The Hall–Kier alpha value is -0.160. The molecule has 0 aliphatic carbocycles. The summed E-state index contributed by atoms with van der Waals surface area (Å²) >= 11 is 3.87. The molecule has 0 saturated heterocycles. The molecule has 0 aromatic carbocycles. The van der Waals surface area contributed by atoms with Crippen molar-refractivity contribution in [2.24, 2.45) is 0 Å². The zero-order valence-electron chi connectivity index (χ0n) is 3.68. The van der Waals surface area contributed by atoms with E-state index in [0.717, 1.165) is 6.42 Å². The van der Waals surface area contributed by atoms with Gasteiger partial charge in [0.25, 0.3) is 0 Å². The van der Waals surface area contributed by atoms with Gasteiger partial charge in [0.1, 0.15) is 0 Å². The second-order valence-electron chi connectivity index (χ2n) is 1.05. The highest BCUT2D eigenvalue weighted by Gasteiger charge is 1.89. The van der Waals surface area contributed by atoms with Gasteiger partial charge in [-0.25, -0.2) is 0 Å². The summed E-state index contributed by atoms with van der Waals surface area (Å²) in [5, 5.41) is 7.94. The van der Waals surface area contributed by atoms with Crippen LogP contribution < -0.4 is 0 Å².